The summed E-state index contributed by atoms with van der Waals surface area (Å²) < 4.78 is 27.1. The van der Waals surface area contributed by atoms with Crippen LogP contribution < -0.4 is 5.32 Å². The number of hydrogen-bond donors (Lipinski definition) is 1. The first-order valence-corrected chi connectivity index (χ1v) is 9.92. The molecule has 1 aromatic rings. The van der Waals surface area contributed by atoms with Crippen molar-refractivity contribution in [3.8, 4) is 0 Å². The third-order valence-corrected chi connectivity index (χ3v) is 6.41. The quantitative estimate of drug-likeness (QED) is 0.864. The van der Waals surface area contributed by atoms with Gasteiger partial charge in [-0.3, -0.25) is 9.59 Å². The van der Waals surface area contributed by atoms with Crippen molar-refractivity contribution < 1.29 is 18.0 Å². The summed E-state index contributed by atoms with van der Waals surface area (Å²) in [5, 5.41) is 2.70. The standard InChI is InChI=1S/C17H23N3O4S/c1-12(2)9-17(22)19-5-7-20(8-6-19)25(23,24)14-3-4-15-13(10-14)11-16(21)18-15/h3-4,10,12H,5-9,11H2,1-2H3,(H,18,21). The largest absolute Gasteiger partial charge is 0.340 e. The Morgan fingerprint density at radius 1 is 1.20 bits per heavy atom. The molecule has 3 rings (SSSR count). The van der Waals surface area contributed by atoms with E-state index in [1.54, 1.807) is 17.0 Å². The SMILES string of the molecule is CC(C)CC(=O)N1CCN(S(=O)(=O)c2ccc3c(c2)CC(=O)N3)CC1. The highest BCUT2D eigenvalue weighted by Gasteiger charge is 2.31. The van der Waals surface area contributed by atoms with Gasteiger partial charge in [-0.05, 0) is 29.7 Å². The van der Waals surface area contributed by atoms with Crippen LogP contribution in [0.5, 0.6) is 0 Å². The first kappa shape index (κ1) is 17.9. The minimum absolute atomic E-state index is 0.0779. The lowest BCUT2D eigenvalue weighted by molar-refractivity contribution is -0.133. The van der Waals surface area contributed by atoms with Gasteiger partial charge in [0.25, 0.3) is 0 Å². The molecule has 0 unspecified atom stereocenters. The van der Waals surface area contributed by atoms with Gasteiger partial charge in [-0.1, -0.05) is 13.8 Å². The minimum Gasteiger partial charge on any atom is -0.340 e. The van der Waals surface area contributed by atoms with Gasteiger partial charge >= 0.3 is 0 Å². The summed E-state index contributed by atoms with van der Waals surface area (Å²) in [5.74, 6) is 0.244. The molecule has 2 aliphatic rings. The predicted octanol–water partition coefficient (Wildman–Crippen LogP) is 1.06. The van der Waals surface area contributed by atoms with E-state index in [4.69, 9.17) is 0 Å². The maximum atomic E-state index is 12.8. The normalized spacial score (nSPS) is 18.4. The molecule has 0 bridgehead atoms. The number of fused-ring (bicyclic) bond motifs is 1. The Labute approximate surface area is 148 Å². The lowest BCUT2D eigenvalue weighted by Crippen LogP contribution is -2.50. The first-order chi connectivity index (χ1) is 11.8. The number of amides is 2. The smallest absolute Gasteiger partial charge is 0.243 e. The van der Waals surface area contributed by atoms with Crippen LogP contribution in [0, 0.1) is 5.92 Å². The maximum Gasteiger partial charge on any atom is 0.243 e. The highest BCUT2D eigenvalue weighted by atomic mass is 32.2. The summed E-state index contributed by atoms with van der Waals surface area (Å²) in [4.78, 5) is 25.5. The molecule has 136 valence electrons. The number of rotatable bonds is 4. The van der Waals surface area contributed by atoms with Crippen molar-refractivity contribution >= 4 is 27.5 Å². The molecule has 2 amide bonds. The van der Waals surface area contributed by atoms with E-state index >= 15 is 0 Å². The molecule has 0 saturated carbocycles. The van der Waals surface area contributed by atoms with Crippen molar-refractivity contribution in [1.29, 1.82) is 0 Å². The van der Waals surface area contributed by atoms with Gasteiger partial charge in [0.2, 0.25) is 21.8 Å². The van der Waals surface area contributed by atoms with E-state index in [0.717, 1.165) is 0 Å². The monoisotopic (exact) mass is 365 g/mol. The summed E-state index contributed by atoms with van der Waals surface area (Å²) in [5.41, 5.74) is 1.38. The second kappa shape index (κ2) is 6.76. The highest BCUT2D eigenvalue weighted by Crippen LogP contribution is 2.27. The van der Waals surface area contributed by atoms with Crippen LogP contribution in [0.3, 0.4) is 0 Å². The second-order valence-electron chi connectivity index (χ2n) is 6.93. The molecule has 0 aromatic heterocycles. The van der Waals surface area contributed by atoms with Crippen molar-refractivity contribution in [2.45, 2.75) is 31.6 Å². The topological polar surface area (TPSA) is 86.8 Å². The average molecular weight is 365 g/mol. The number of piperazine rings is 1. The number of hydrogen-bond acceptors (Lipinski definition) is 4. The molecule has 0 atom stereocenters. The zero-order chi connectivity index (χ0) is 18.2. The molecule has 0 spiro atoms. The van der Waals surface area contributed by atoms with Gasteiger partial charge in [-0.2, -0.15) is 4.31 Å². The number of benzene rings is 1. The molecule has 2 aliphatic heterocycles. The number of anilines is 1. The van der Waals surface area contributed by atoms with Gasteiger partial charge in [0, 0.05) is 38.3 Å². The third-order valence-electron chi connectivity index (χ3n) is 4.51. The molecule has 8 heteroatoms. The van der Waals surface area contributed by atoms with E-state index in [0.29, 0.717) is 43.9 Å². The average Bonchev–Trinajstić information content (AvgIpc) is 2.93. The fraction of sp³-hybridized carbons (Fsp3) is 0.529. The van der Waals surface area contributed by atoms with E-state index in [1.807, 2.05) is 13.8 Å². The second-order valence-corrected chi connectivity index (χ2v) is 8.86. The van der Waals surface area contributed by atoms with Crippen molar-refractivity contribution in [2.24, 2.45) is 5.92 Å². The van der Waals surface area contributed by atoms with Crippen LogP contribution in [-0.4, -0.2) is 55.6 Å². The van der Waals surface area contributed by atoms with Crippen LogP contribution in [0.1, 0.15) is 25.8 Å². The number of carbonyl (C=O) groups is 2. The zero-order valence-electron chi connectivity index (χ0n) is 14.5. The Morgan fingerprint density at radius 2 is 1.88 bits per heavy atom. The maximum absolute atomic E-state index is 12.8. The van der Waals surface area contributed by atoms with Crippen LogP contribution >= 0.6 is 0 Å². The first-order valence-electron chi connectivity index (χ1n) is 8.48. The summed E-state index contributed by atoms with van der Waals surface area (Å²) in [7, 11) is -3.62. The summed E-state index contributed by atoms with van der Waals surface area (Å²) >= 11 is 0. The molecule has 1 N–H and O–H groups in total. The van der Waals surface area contributed by atoms with E-state index in [1.165, 1.54) is 10.4 Å². The molecule has 7 nitrogen and oxygen atoms in total. The van der Waals surface area contributed by atoms with E-state index in [-0.39, 0.29) is 29.0 Å². The fourth-order valence-electron chi connectivity index (χ4n) is 3.17. The Morgan fingerprint density at radius 3 is 2.52 bits per heavy atom. The number of sulfonamides is 1. The van der Waals surface area contributed by atoms with Crippen molar-refractivity contribution in [3.63, 3.8) is 0 Å². The van der Waals surface area contributed by atoms with Gasteiger partial charge in [-0.25, -0.2) is 8.42 Å². The van der Waals surface area contributed by atoms with Crippen LogP contribution in [0.25, 0.3) is 0 Å². The summed E-state index contributed by atoms with van der Waals surface area (Å²) in [6.07, 6.45) is 0.689. The number of nitrogens with zero attached hydrogens (tertiary/aromatic N) is 2. The van der Waals surface area contributed by atoms with Crippen LogP contribution in [0.4, 0.5) is 5.69 Å². The van der Waals surface area contributed by atoms with Crippen molar-refractivity contribution in [3.05, 3.63) is 23.8 Å². The van der Waals surface area contributed by atoms with E-state index < -0.39 is 10.0 Å². The molecule has 1 aromatic carbocycles. The van der Waals surface area contributed by atoms with Crippen LogP contribution in [0.2, 0.25) is 0 Å². The summed E-state index contributed by atoms with van der Waals surface area (Å²) in [6, 6.07) is 4.73. The summed E-state index contributed by atoms with van der Waals surface area (Å²) in [6.45, 7) is 5.39. The Bertz CT molecular complexity index is 796. The molecule has 2 heterocycles. The van der Waals surface area contributed by atoms with Crippen LogP contribution in [-0.2, 0) is 26.0 Å². The van der Waals surface area contributed by atoms with Gasteiger partial charge in [-0.15, -0.1) is 0 Å². The Balaban J connectivity index is 1.69. The Hall–Kier alpha value is -1.93. The van der Waals surface area contributed by atoms with E-state index in [2.05, 4.69) is 5.32 Å². The number of carbonyl (C=O) groups excluding carboxylic acids is 2. The highest BCUT2D eigenvalue weighted by molar-refractivity contribution is 7.89. The molecule has 1 saturated heterocycles. The van der Waals surface area contributed by atoms with Crippen molar-refractivity contribution in [2.75, 3.05) is 31.5 Å². The lowest BCUT2D eigenvalue weighted by Gasteiger charge is -2.34. The molecule has 0 aliphatic carbocycles. The molecular formula is C17H23N3O4S. The third kappa shape index (κ3) is 3.69. The van der Waals surface area contributed by atoms with Gasteiger partial charge in [0.15, 0.2) is 0 Å². The van der Waals surface area contributed by atoms with Gasteiger partial charge in [0.1, 0.15) is 0 Å². The lowest BCUT2D eigenvalue weighted by atomic mass is 10.1. The molecule has 25 heavy (non-hydrogen) atoms. The molecular weight excluding hydrogens is 342 g/mol. The van der Waals surface area contributed by atoms with E-state index in [9.17, 15) is 18.0 Å². The van der Waals surface area contributed by atoms with Crippen LogP contribution in [0.15, 0.2) is 23.1 Å². The molecule has 0 radical (unpaired) electrons. The Kier molecular flexibility index (Phi) is 4.83. The molecule has 1 fully saturated rings. The fourth-order valence-corrected chi connectivity index (χ4v) is 4.64. The van der Waals surface area contributed by atoms with Gasteiger partial charge in [0.05, 0.1) is 11.3 Å². The minimum atomic E-state index is -3.62. The predicted molar refractivity (Wildman–Crippen MR) is 93.6 cm³/mol. The van der Waals surface area contributed by atoms with Crippen molar-refractivity contribution in [1.82, 2.24) is 9.21 Å². The van der Waals surface area contributed by atoms with Gasteiger partial charge < -0.3 is 10.2 Å². The zero-order valence-corrected chi connectivity index (χ0v) is 15.3. The number of nitrogens with one attached hydrogen (secondary N) is 1.